The molecule has 0 radical (unpaired) electrons. The van der Waals surface area contributed by atoms with E-state index in [1.165, 1.54) is 18.2 Å². The van der Waals surface area contributed by atoms with Crippen molar-refractivity contribution in [2.45, 2.75) is 63.9 Å². The van der Waals surface area contributed by atoms with Gasteiger partial charge >= 0.3 is 0 Å². The standard InChI is InChI=1S/C24H33N5O3S/c1-8-16-12-17(22(30)28-33(31,32)19-11-9-10-18(25)26-19)21(27-20(16)23(3,4)5)29-14-15(2)13-24(29,6)7/h8-12,15H,1,13-14H2,2-7H3,(H2,25,26)(H,28,30). The molecule has 1 amide bonds. The molecule has 0 spiro atoms. The van der Waals surface area contributed by atoms with E-state index >= 15 is 0 Å². The number of carbonyl (C=O) groups excluding carboxylic acids is 1. The van der Waals surface area contributed by atoms with Crippen LogP contribution < -0.4 is 15.4 Å². The second-order valence-electron chi connectivity index (χ2n) is 10.3. The average Bonchev–Trinajstić information content (AvgIpc) is 2.97. The summed E-state index contributed by atoms with van der Waals surface area (Å²) in [6, 6.07) is 5.90. The van der Waals surface area contributed by atoms with Gasteiger partial charge in [-0.1, -0.05) is 46.4 Å². The van der Waals surface area contributed by atoms with E-state index in [0.717, 1.165) is 12.1 Å². The van der Waals surface area contributed by atoms with Crippen molar-refractivity contribution in [3.05, 3.63) is 47.7 Å². The van der Waals surface area contributed by atoms with Gasteiger partial charge in [0.05, 0.1) is 11.3 Å². The van der Waals surface area contributed by atoms with Gasteiger partial charge in [-0.3, -0.25) is 4.79 Å². The second kappa shape index (κ2) is 8.44. The molecule has 1 aliphatic rings. The number of hydrogen-bond acceptors (Lipinski definition) is 7. The highest BCUT2D eigenvalue weighted by molar-refractivity contribution is 7.90. The van der Waals surface area contributed by atoms with Crippen LogP contribution in [-0.2, 0) is 15.4 Å². The fourth-order valence-corrected chi connectivity index (χ4v) is 5.36. The van der Waals surface area contributed by atoms with E-state index in [4.69, 9.17) is 10.7 Å². The second-order valence-corrected chi connectivity index (χ2v) is 11.9. The number of carbonyl (C=O) groups is 1. The van der Waals surface area contributed by atoms with Crippen molar-refractivity contribution in [3.8, 4) is 0 Å². The summed E-state index contributed by atoms with van der Waals surface area (Å²) in [5.74, 6) is 0.132. The maximum atomic E-state index is 13.4. The van der Waals surface area contributed by atoms with Crippen molar-refractivity contribution in [3.63, 3.8) is 0 Å². The summed E-state index contributed by atoms with van der Waals surface area (Å²) in [6.07, 6.45) is 2.56. The number of amides is 1. The number of hydrogen-bond donors (Lipinski definition) is 2. The molecule has 3 rings (SSSR count). The molecule has 2 aromatic heterocycles. The Hall–Kier alpha value is -2.94. The van der Waals surface area contributed by atoms with Crippen molar-refractivity contribution in [2.75, 3.05) is 17.2 Å². The van der Waals surface area contributed by atoms with Gasteiger partial charge in [0.1, 0.15) is 11.6 Å². The average molecular weight is 472 g/mol. The summed E-state index contributed by atoms with van der Waals surface area (Å²) >= 11 is 0. The van der Waals surface area contributed by atoms with Gasteiger partial charge in [0.25, 0.3) is 15.9 Å². The van der Waals surface area contributed by atoms with E-state index in [1.54, 1.807) is 12.1 Å². The van der Waals surface area contributed by atoms with Gasteiger partial charge in [-0.15, -0.1) is 0 Å². The van der Waals surface area contributed by atoms with Gasteiger partial charge in [-0.05, 0) is 49.9 Å². The minimum Gasteiger partial charge on any atom is -0.384 e. The highest BCUT2D eigenvalue weighted by Crippen LogP contribution is 2.39. The summed E-state index contributed by atoms with van der Waals surface area (Å²) in [5.41, 5.74) is 6.72. The number of aromatic nitrogens is 2. The largest absolute Gasteiger partial charge is 0.384 e. The molecule has 1 unspecified atom stereocenters. The molecule has 1 fully saturated rings. The highest BCUT2D eigenvalue weighted by Gasteiger charge is 2.40. The minimum atomic E-state index is -4.23. The van der Waals surface area contributed by atoms with Crippen LogP contribution in [0.4, 0.5) is 11.6 Å². The molecule has 0 aromatic carbocycles. The normalized spacial score (nSPS) is 18.2. The van der Waals surface area contributed by atoms with Gasteiger partial charge in [0, 0.05) is 17.5 Å². The first kappa shape index (κ1) is 24.7. The van der Waals surface area contributed by atoms with Crippen LogP contribution in [0.25, 0.3) is 6.08 Å². The molecule has 1 aliphatic heterocycles. The monoisotopic (exact) mass is 471 g/mol. The van der Waals surface area contributed by atoms with Gasteiger partial charge in [0.15, 0.2) is 5.03 Å². The Labute approximate surface area is 196 Å². The lowest BCUT2D eigenvalue weighted by molar-refractivity contribution is 0.0981. The number of nitrogens with zero attached hydrogens (tertiary/aromatic N) is 3. The van der Waals surface area contributed by atoms with Crippen LogP contribution >= 0.6 is 0 Å². The minimum absolute atomic E-state index is 0.0453. The smallest absolute Gasteiger partial charge is 0.281 e. The third-order valence-electron chi connectivity index (χ3n) is 5.78. The van der Waals surface area contributed by atoms with E-state index in [-0.39, 0.29) is 27.4 Å². The summed E-state index contributed by atoms with van der Waals surface area (Å²) in [5, 5.41) is -0.323. The molecule has 0 aliphatic carbocycles. The zero-order valence-electron chi connectivity index (χ0n) is 20.1. The molecule has 8 nitrogen and oxygen atoms in total. The molecule has 9 heteroatoms. The van der Waals surface area contributed by atoms with E-state index in [2.05, 4.69) is 42.0 Å². The van der Waals surface area contributed by atoms with Crippen LogP contribution in [0.5, 0.6) is 0 Å². The lowest BCUT2D eigenvalue weighted by atomic mass is 9.87. The molecule has 3 N–H and O–H groups in total. The van der Waals surface area contributed by atoms with E-state index in [1.807, 2.05) is 20.8 Å². The van der Waals surface area contributed by atoms with Crippen molar-refractivity contribution < 1.29 is 13.2 Å². The van der Waals surface area contributed by atoms with Gasteiger partial charge in [0.2, 0.25) is 0 Å². The molecule has 178 valence electrons. The molecule has 33 heavy (non-hydrogen) atoms. The lowest BCUT2D eigenvalue weighted by Gasteiger charge is -2.35. The van der Waals surface area contributed by atoms with E-state index in [0.29, 0.717) is 23.8 Å². The fourth-order valence-electron chi connectivity index (χ4n) is 4.42. The predicted octanol–water partition coefficient (Wildman–Crippen LogP) is 3.74. The number of rotatable bonds is 5. The fraction of sp³-hybridized carbons (Fsp3) is 0.458. The number of pyridine rings is 2. The van der Waals surface area contributed by atoms with Crippen LogP contribution in [0.2, 0.25) is 0 Å². The van der Waals surface area contributed by atoms with Gasteiger partial charge < -0.3 is 10.6 Å². The summed E-state index contributed by atoms with van der Waals surface area (Å²) in [6.45, 7) is 17.1. The number of anilines is 2. The van der Waals surface area contributed by atoms with Crippen molar-refractivity contribution in [1.29, 1.82) is 0 Å². The number of nitrogens with two attached hydrogens (primary N) is 1. The number of nitrogen functional groups attached to an aromatic ring is 1. The van der Waals surface area contributed by atoms with Gasteiger partial charge in [-0.2, -0.15) is 8.42 Å². The molecule has 3 heterocycles. The maximum absolute atomic E-state index is 13.4. The third-order valence-corrected chi connectivity index (χ3v) is 7.02. The quantitative estimate of drug-likeness (QED) is 0.682. The molecule has 1 saturated heterocycles. The van der Waals surface area contributed by atoms with Crippen LogP contribution in [0.15, 0.2) is 35.9 Å². The first-order chi connectivity index (χ1) is 15.2. The first-order valence-electron chi connectivity index (χ1n) is 10.9. The molecule has 2 aromatic rings. The summed E-state index contributed by atoms with van der Waals surface area (Å²) in [7, 11) is -4.23. The Morgan fingerprint density at radius 3 is 2.48 bits per heavy atom. The van der Waals surface area contributed by atoms with E-state index in [9.17, 15) is 13.2 Å². The number of nitrogens with one attached hydrogen (secondary N) is 1. The lowest BCUT2D eigenvalue weighted by Crippen LogP contribution is -2.41. The van der Waals surface area contributed by atoms with Crippen LogP contribution in [-0.4, -0.2) is 36.4 Å². The Balaban J connectivity index is 2.15. The molecular formula is C24H33N5O3S. The summed E-state index contributed by atoms with van der Waals surface area (Å²) < 4.78 is 27.9. The Kier molecular flexibility index (Phi) is 6.32. The molecule has 0 saturated carbocycles. The molecule has 0 bridgehead atoms. The van der Waals surface area contributed by atoms with Crippen LogP contribution in [0.3, 0.4) is 0 Å². The Bertz CT molecular complexity index is 1200. The van der Waals surface area contributed by atoms with Gasteiger partial charge in [-0.25, -0.2) is 14.7 Å². The number of sulfonamides is 1. The zero-order valence-corrected chi connectivity index (χ0v) is 21.0. The zero-order chi connectivity index (χ0) is 24.8. The maximum Gasteiger partial charge on any atom is 0.281 e. The Morgan fingerprint density at radius 2 is 1.97 bits per heavy atom. The van der Waals surface area contributed by atoms with Crippen molar-refractivity contribution in [1.82, 2.24) is 14.7 Å². The predicted molar refractivity (Wildman–Crippen MR) is 132 cm³/mol. The highest BCUT2D eigenvalue weighted by atomic mass is 32.2. The van der Waals surface area contributed by atoms with Crippen LogP contribution in [0, 0.1) is 5.92 Å². The van der Waals surface area contributed by atoms with Crippen LogP contribution in [0.1, 0.15) is 69.6 Å². The van der Waals surface area contributed by atoms with Crippen molar-refractivity contribution in [2.24, 2.45) is 5.92 Å². The molecule has 1 atom stereocenters. The molecular weight excluding hydrogens is 438 g/mol. The SMILES string of the molecule is C=Cc1cc(C(=O)NS(=O)(=O)c2cccc(N)n2)c(N2CC(C)CC2(C)C)nc1C(C)(C)C. The first-order valence-corrected chi connectivity index (χ1v) is 12.4. The third kappa shape index (κ3) is 5.03. The van der Waals surface area contributed by atoms with E-state index < -0.39 is 15.9 Å². The summed E-state index contributed by atoms with van der Waals surface area (Å²) in [4.78, 5) is 24.2. The Morgan fingerprint density at radius 1 is 1.30 bits per heavy atom. The topological polar surface area (TPSA) is 118 Å². The van der Waals surface area contributed by atoms with Crippen molar-refractivity contribution >= 4 is 33.6 Å².